The number of tetrazole rings is 1. The van der Waals surface area contributed by atoms with Crippen LogP contribution in [0.1, 0.15) is 25.0 Å². The lowest BCUT2D eigenvalue weighted by Gasteiger charge is -2.14. The summed E-state index contributed by atoms with van der Waals surface area (Å²) in [5.74, 6) is 2.12. The van der Waals surface area contributed by atoms with Gasteiger partial charge in [0.05, 0.1) is 6.61 Å². The molecule has 7 heteroatoms. The monoisotopic (exact) mass is 353 g/mol. The fourth-order valence-corrected chi connectivity index (χ4v) is 2.51. The highest BCUT2D eigenvalue weighted by Gasteiger charge is 2.09. The first-order valence-corrected chi connectivity index (χ1v) is 8.72. The molecule has 3 aromatic rings. The summed E-state index contributed by atoms with van der Waals surface area (Å²) < 4.78 is 13.4. The van der Waals surface area contributed by atoms with Crippen LogP contribution in [0.4, 0.5) is 5.95 Å². The molecule has 0 radical (unpaired) electrons. The lowest BCUT2D eigenvalue weighted by molar-refractivity contribution is 0.269. The zero-order valence-corrected chi connectivity index (χ0v) is 15.1. The van der Waals surface area contributed by atoms with Crippen LogP contribution in [0.15, 0.2) is 48.5 Å². The Bertz CT molecular complexity index is 820. The summed E-state index contributed by atoms with van der Waals surface area (Å²) in [5, 5.41) is 14.8. The van der Waals surface area contributed by atoms with Crippen molar-refractivity contribution >= 4 is 5.95 Å². The molecule has 0 unspecified atom stereocenters. The van der Waals surface area contributed by atoms with E-state index in [4.69, 9.17) is 9.47 Å². The van der Waals surface area contributed by atoms with Crippen molar-refractivity contribution in [2.24, 2.45) is 0 Å². The molecular formula is C19H23N5O2. The average molecular weight is 353 g/mol. The molecule has 0 aliphatic carbocycles. The van der Waals surface area contributed by atoms with Crippen LogP contribution in [0.5, 0.6) is 11.5 Å². The molecule has 0 spiro atoms. The highest BCUT2D eigenvalue weighted by molar-refractivity contribution is 5.44. The number of aryl methyl sites for hydroxylation is 1. The minimum atomic E-state index is 0.504. The molecule has 1 aromatic heterocycles. The van der Waals surface area contributed by atoms with Gasteiger partial charge in [-0.25, -0.2) is 4.68 Å². The van der Waals surface area contributed by atoms with Gasteiger partial charge >= 0.3 is 0 Å². The summed E-state index contributed by atoms with van der Waals surface area (Å²) >= 11 is 0. The predicted molar refractivity (Wildman–Crippen MR) is 99.2 cm³/mol. The van der Waals surface area contributed by atoms with Crippen molar-refractivity contribution in [3.05, 3.63) is 59.7 Å². The summed E-state index contributed by atoms with van der Waals surface area (Å²) in [6.45, 7) is 6.34. The van der Waals surface area contributed by atoms with E-state index in [1.165, 1.54) is 0 Å². The fourth-order valence-electron chi connectivity index (χ4n) is 2.51. The normalized spacial score (nSPS) is 10.5. The molecule has 0 aliphatic heterocycles. The standard InChI is InChI=1S/C19H23N5O2/c1-3-24-19(21-22-23-24)20-13-16-10-11-17(18(12-16)25-4-2)26-14-15-8-6-5-7-9-15/h5-12H,3-4,13-14H2,1-2H3,(H,20,21,23). The Labute approximate surface area is 152 Å². The van der Waals surface area contributed by atoms with E-state index in [1.807, 2.05) is 62.4 Å². The predicted octanol–water partition coefficient (Wildman–Crippen LogP) is 3.28. The third-order valence-corrected chi connectivity index (χ3v) is 3.83. The maximum atomic E-state index is 5.94. The van der Waals surface area contributed by atoms with Gasteiger partial charge in [-0.1, -0.05) is 41.5 Å². The fraction of sp³-hybridized carbons (Fsp3) is 0.316. The quantitative estimate of drug-likeness (QED) is 0.636. The van der Waals surface area contributed by atoms with Crippen molar-refractivity contribution < 1.29 is 9.47 Å². The molecule has 1 heterocycles. The Hall–Kier alpha value is -3.09. The summed E-state index contributed by atoms with van der Waals surface area (Å²) in [5.41, 5.74) is 2.18. The van der Waals surface area contributed by atoms with Crippen LogP contribution in [-0.4, -0.2) is 26.8 Å². The van der Waals surface area contributed by atoms with Crippen LogP contribution in [0.3, 0.4) is 0 Å². The molecule has 0 atom stereocenters. The molecule has 7 nitrogen and oxygen atoms in total. The van der Waals surface area contributed by atoms with Crippen molar-refractivity contribution in [2.75, 3.05) is 11.9 Å². The number of ether oxygens (including phenoxy) is 2. The SMILES string of the molecule is CCOc1cc(CNc2nnnn2CC)ccc1OCc1ccccc1. The Morgan fingerprint density at radius 2 is 1.81 bits per heavy atom. The maximum Gasteiger partial charge on any atom is 0.243 e. The Kier molecular flexibility index (Phi) is 6.03. The summed E-state index contributed by atoms with van der Waals surface area (Å²) in [6.07, 6.45) is 0. The molecule has 0 amide bonds. The molecule has 0 fully saturated rings. The van der Waals surface area contributed by atoms with Crippen molar-refractivity contribution in [1.29, 1.82) is 0 Å². The first kappa shape index (κ1) is 17.7. The highest BCUT2D eigenvalue weighted by Crippen LogP contribution is 2.29. The van der Waals surface area contributed by atoms with Crippen LogP contribution in [-0.2, 0) is 19.7 Å². The molecule has 0 bridgehead atoms. The van der Waals surface area contributed by atoms with Gasteiger partial charge in [0.1, 0.15) is 6.61 Å². The zero-order valence-electron chi connectivity index (χ0n) is 15.1. The van der Waals surface area contributed by atoms with Crippen molar-refractivity contribution in [1.82, 2.24) is 20.2 Å². The van der Waals surface area contributed by atoms with Gasteiger partial charge in [0.25, 0.3) is 0 Å². The number of nitrogens with zero attached hydrogens (tertiary/aromatic N) is 4. The van der Waals surface area contributed by atoms with E-state index in [-0.39, 0.29) is 0 Å². The van der Waals surface area contributed by atoms with E-state index < -0.39 is 0 Å². The molecule has 0 aliphatic rings. The van der Waals surface area contributed by atoms with E-state index in [2.05, 4.69) is 20.8 Å². The molecule has 2 aromatic carbocycles. The minimum Gasteiger partial charge on any atom is -0.490 e. The smallest absolute Gasteiger partial charge is 0.243 e. The maximum absolute atomic E-state index is 5.94. The van der Waals surface area contributed by atoms with E-state index in [0.717, 1.165) is 22.6 Å². The average Bonchev–Trinajstić information content (AvgIpc) is 3.14. The number of anilines is 1. The summed E-state index contributed by atoms with van der Waals surface area (Å²) in [4.78, 5) is 0. The van der Waals surface area contributed by atoms with Gasteiger partial charge in [0, 0.05) is 13.1 Å². The first-order chi connectivity index (χ1) is 12.8. The first-order valence-electron chi connectivity index (χ1n) is 8.72. The Morgan fingerprint density at radius 3 is 2.58 bits per heavy atom. The van der Waals surface area contributed by atoms with Gasteiger partial charge in [-0.3, -0.25) is 0 Å². The van der Waals surface area contributed by atoms with Crippen molar-refractivity contribution in [2.45, 2.75) is 33.5 Å². The number of hydrogen-bond donors (Lipinski definition) is 1. The second kappa shape index (κ2) is 8.84. The highest BCUT2D eigenvalue weighted by atomic mass is 16.5. The van der Waals surface area contributed by atoms with Crippen LogP contribution in [0.25, 0.3) is 0 Å². The van der Waals surface area contributed by atoms with E-state index in [0.29, 0.717) is 32.3 Å². The third-order valence-electron chi connectivity index (χ3n) is 3.83. The van der Waals surface area contributed by atoms with Gasteiger partial charge in [-0.2, -0.15) is 0 Å². The Balaban J connectivity index is 1.67. The number of rotatable bonds is 9. The Morgan fingerprint density at radius 1 is 0.962 bits per heavy atom. The van der Waals surface area contributed by atoms with E-state index in [9.17, 15) is 0 Å². The molecule has 0 saturated carbocycles. The second-order valence-electron chi connectivity index (χ2n) is 5.66. The van der Waals surface area contributed by atoms with Crippen molar-refractivity contribution in [3.8, 4) is 11.5 Å². The van der Waals surface area contributed by atoms with Gasteiger partial charge in [0.15, 0.2) is 11.5 Å². The lowest BCUT2D eigenvalue weighted by atomic mass is 10.2. The zero-order chi connectivity index (χ0) is 18.2. The third kappa shape index (κ3) is 4.50. The van der Waals surface area contributed by atoms with Gasteiger partial charge in [0.2, 0.25) is 5.95 Å². The van der Waals surface area contributed by atoms with Crippen LogP contribution >= 0.6 is 0 Å². The van der Waals surface area contributed by atoms with E-state index >= 15 is 0 Å². The summed E-state index contributed by atoms with van der Waals surface area (Å²) in [6, 6.07) is 16.0. The topological polar surface area (TPSA) is 74.1 Å². The second-order valence-corrected chi connectivity index (χ2v) is 5.66. The van der Waals surface area contributed by atoms with Gasteiger partial charge in [-0.15, -0.1) is 0 Å². The van der Waals surface area contributed by atoms with E-state index in [1.54, 1.807) is 4.68 Å². The molecular weight excluding hydrogens is 330 g/mol. The van der Waals surface area contributed by atoms with Crippen molar-refractivity contribution in [3.63, 3.8) is 0 Å². The van der Waals surface area contributed by atoms with Gasteiger partial charge < -0.3 is 14.8 Å². The molecule has 26 heavy (non-hydrogen) atoms. The van der Waals surface area contributed by atoms with Crippen LogP contribution in [0.2, 0.25) is 0 Å². The number of aromatic nitrogens is 4. The van der Waals surface area contributed by atoms with Crippen LogP contribution < -0.4 is 14.8 Å². The van der Waals surface area contributed by atoms with Crippen LogP contribution in [0, 0.1) is 0 Å². The minimum absolute atomic E-state index is 0.504. The molecule has 0 saturated heterocycles. The molecule has 136 valence electrons. The lowest BCUT2D eigenvalue weighted by Crippen LogP contribution is -2.08. The molecule has 3 rings (SSSR count). The largest absolute Gasteiger partial charge is 0.490 e. The number of benzene rings is 2. The molecule has 1 N–H and O–H groups in total. The van der Waals surface area contributed by atoms with Gasteiger partial charge in [-0.05, 0) is 47.5 Å². The number of hydrogen-bond acceptors (Lipinski definition) is 6. The number of nitrogens with one attached hydrogen (secondary N) is 1. The summed E-state index contributed by atoms with van der Waals surface area (Å²) in [7, 11) is 0.